The number of aromatic nitrogens is 4. The van der Waals surface area contributed by atoms with Crippen LogP contribution >= 0.6 is 0 Å². The van der Waals surface area contributed by atoms with Gasteiger partial charge in [0.05, 0.1) is 23.3 Å². The Hall–Kier alpha value is -2.44. The van der Waals surface area contributed by atoms with E-state index in [1.165, 1.54) is 12.4 Å². The lowest BCUT2D eigenvalue weighted by atomic mass is 10.3. The van der Waals surface area contributed by atoms with E-state index >= 15 is 0 Å². The number of nitrogens with two attached hydrogens (primary N) is 1. The number of hydrogen-bond acceptors (Lipinski definition) is 6. The molecule has 88 valence electrons. The topological polar surface area (TPSA) is 107 Å². The van der Waals surface area contributed by atoms with E-state index in [-0.39, 0.29) is 6.01 Å². The lowest BCUT2D eigenvalue weighted by molar-refractivity contribution is 0.0718. The summed E-state index contributed by atoms with van der Waals surface area (Å²) in [5.74, 6) is -0.555. The molecule has 7 heteroatoms. The van der Waals surface area contributed by atoms with Crippen molar-refractivity contribution in [2.45, 2.75) is 13.8 Å². The molecule has 2 rings (SSSR count). The number of nitrogen functional groups attached to an aromatic ring is 1. The van der Waals surface area contributed by atoms with E-state index < -0.39 is 5.97 Å². The molecule has 0 radical (unpaired) electrons. The molecule has 0 unspecified atom stereocenters. The number of rotatable bonds is 2. The van der Waals surface area contributed by atoms with Gasteiger partial charge in [0.15, 0.2) is 0 Å². The molecule has 2 heterocycles. The normalized spacial score (nSPS) is 10.2. The summed E-state index contributed by atoms with van der Waals surface area (Å²) >= 11 is 0. The Kier molecular flexibility index (Phi) is 2.73. The minimum absolute atomic E-state index is 0.0256. The average molecular weight is 233 g/mol. The van der Waals surface area contributed by atoms with E-state index in [0.717, 1.165) is 0 Å². The van der Waals surface area contributed by atoms with E-state index in [4.69, 9.17) is 10.5 Å². The smallest absolute Gasteiger partial charge is 0.349 e. The first kappa shape index (κ1) is 11.1. The molecule has 17 heavy (non-hydrogen) atoms. The Morgan fingerprint density at radius 3 is 2.76 bits per heavy atom. The van der Waals surface area contributed by atoms with Crippen LogP contribution < -0.4 is 10.5 Å². The third kappa shape index (κ3) is 2.22. The molecule has 0 aromatic carbocycles. The molecule has 0 amide bonds. The minimum Gasteiger partial charge on any atom is -0.396 e. The average Bonchev–Trinajstić information content (AvgIpc) is 2.70. The highest BCUT2D eigenvalue weighted by Gasteiger charge is 2.15. The van der Waals surface area contributed by atoms with Gasteiger partial charge in [0, 0.05) is 6.20 Å². The maximum absolute atomic E-state index is 11.7. The minimum atomic E-state index is -0.555. The highest BCUT2D eigenvalue weighted by molar-refractivity contribution is 5.91. The number of esters is 1. The van der Waals surface area contributed by atoms with Crippen molar-refractivity contribution in [1.29, 1.82) is 0 Å². The number of anilines is 1. The molecule has 0 saturated carbocycles. The summed E-state index contributed by atoms with van der Waals surface area (Å²) < 4.78 is 5.00. The van der Waals surface area contributed by atoms with Crippen LogP contribution in [0.4, 0.5) is 5.69 Å². The van der Waals surface area contributed by atoms with Gasteiger partial charge in [-0.2, -0.15) is 10.1 Å². The molecule has 0 aliphatic carbocycles. The van der Waals surface area contributed by atoms with Gasteiger partial charge in [0.25, 0.3) is 0 Å². The maximum atomic E-state index is 11.7. The van der Waals surface area contributed by atoms with Gasteiger partial charge in [-0.25, -0.2) is 9.78 Å². The zero-order chi connectivity index (χ0) is 12.4. The van der Waals surface area contributed by atoms with E-state index in [2.05, 4.69) is 20.2 Å². The number of aromatic amines is 1. The standard InChI is InChI=1S/C10H11N5O2/c1-5-7(3-13-15-5)9(16)17-10-12-4-8(11)6(2)14-10/h3-4H,11H2,1-2H3,(H,13,15). The van der Waals surface area contributed by atoms with Gasteiger partial charge in [-0.1, -0.05) is 0 Å². The third-order valence-electron chi connectivity index (χ3n) is 2.23. The van der Waals surface area contributed by atoms with Crippen LogP contribution in [-0.2, 0) is 0 Å². The van der Waals surface area contributed by atoms with Gasteiger partial charge >= 0.3 is 12.0 Å². The van der Waals surface area contributed by atoms with Crippen molar-refractivity contribution in [3.63, 3.8) is 0 Å². The number of nitrogens with one attached hydrogen (secondary N) is 1. The predicted octanol–water partition coefficient (Wildman–Crippen LogP) is 0.618. The molecular formula is C10H11N5O2. The summed E-state index contributed by atoms with van der Waals surface area (Å²) in [6.45, 7) is 3.40. The second-order valence-electron chi connectivity index (χ2n) is 3.47. The van der Waals surface area contributed by atoms with Gasteiger partial charge in [0.2, 0.25) is 0 Å². The van der Waals surface area contributed by atoms with Crippen LogP contribution in [0.5, 0.6) is 6.01 Å². The summed E-state index contributed by atoms with van der Waals surface area (Å²) in [4.78, 5) is 19.5. The molecule has 0 atom stereocenters. The van der Waals surface area contributed by atoms with Crippen LogP contribution in [0, 0.1) is 13.8 Å². The number of carbonyl (C=O) groups is 1. The van der Waals surface area contributed by atoms with Crippen LogP contribution in [0.25, 0.3) is 0 Å². The molecule has 0 spiro atoms. The Balaban J connectivity index is 2.19. The number of nitrogens with zero attached hydrogens (tertiary/aromatic N) is 3. The fourth-order valence-corrected chi connectivity index (χ4v) is 1.21. The fraction of sp³-hybridized carbons (Fsp3) is 0.200. The quantitative estimate of drug-likeness (QED) is 0.736. The molecule has 0 fully saturated rings. The second-order valence-corrected chi connectivity index (χ2v) is 3.47. The van der Waals surface area contributed by atoms with Crippen molar-refractivity contribution < 1.29 is 9.53 Å². The highest BCUT2D eigenvalue weighted by atomic mass is 16.5. The van der Waals surface area contributed by atoms with Crippen LogP contribution in [0.15, 0.2) is 12.4 Å². The first-order valence-corrected chi connectivity index (χ1v) is 4.89. The van der Waals surface area contributed by atoms with Crippen LogP contribution in [0.1, 0.15) is 21.7 Å². The third-order valence-corrected chi connectivity index (χ3v) is 2.23. The summed E-state index contributed by atoms with van der Waals surface area (Å²) in [6, 6.07) is -0.0256. The van der Waals surface area contributed by atoms with Gasteiger partial charge in [0.1, 0.15) is 5.56 Å². The summed E-state index contributed by atoms with van der Waals surface area (Å²) in [7, 11) is 0. The Labute approximate surface area is 97.0 Å². The number of carbonyl (C=O) groups excluding carboxylic acids is 1. The molecule has 2 aromatic heterocycles. The zero-order valence-electron chi connectivity index (χ0n) is 9.39. The molecular weight excluding hydrogens is 222 g/mol. The van der Waals surface area contributed by atoms with Crippen molar-refractivity contribution in [2.24, 2.45) is 0 Å². The van der Waals surface area contributed by atoms with Gasteiger partial charge in [-0.3, -0.25) is 5.10 Å². The molecule has 2 aromatic rings. The monoisotopic (exact) mass is 233 g/mol. The fourth-order valence-electron chi connectivity index (χ4n) is 1.21. The number of hydrogen-bond donors (Lipinski definition) is 2. The van der Waals surface area contributed by atoms with E-state index in [9.17, 15) is 4.79 Å². The number of ether oxygens (including phenoxy) is 1. The first-order valence-electron chi connectivity index (χ1n) is 4.89. The van der Waals surface area contributed by atoms with E-state index in [1.54, 1.807) is 13.8 Å². The van der Waals surface area contributed by atoms with Gasteiger partial charge in [-0.05, 0) is 13.8 Å². The SMILES string of the molecule is Cc1nc(OC(=O)c2c[nH]nc2C)ncc1N. The lowest BCUT2D eigenvalue weighted by Crippen LogP contribution is -2.11. The largest absolute Gasteiger partial charge is 0.396 e. The predicted molar refractivity (Wildman–Crippen MR) is 59.5 cm³/mol. The Morgan fingerprint density at radius 2 is 2.18 bits per heavy atom. The van der Waals surface area contributed by atoms with Crippen molar-refractivity contribution in [2.75, 3.05) is 5.73 Å². The van der Waals surface area contributed by atoms with Crippen molar-refractivity contribution in [3.8, 4) is 6.01 Å². The summed E-state index contributed by atoms with van der Waals surface area (Å²) in [5, 5.41) is 6.40. The van der Waals surface area contributed by atoms with Crippen molar-refractivity contribution >= 4 is 11.7 Å². The Morgan fingerprint density at radius 1 is 1.41 bits per heavy atom. The second kappa shape index (κ2) is 4.20. The van der Waals surface area contributed by atoms with E-state index in [0.29, 0.717) is 22.6 Å². The molecule has 0 bridgehead atoms. The molecule has 7 nitrogen and oxygen atoms in total. The maximum Gasteiger partial charge on any atom is 0.349 e. The number of H-pyrrole nitrogens is 1. The first-order chi connectivity index (χ1) is 8.08. The van der Waals surface area contributed by atoms with Crippen LogP contribution in [0.2, 0.25) is 0 Å². The lowest BCUT2D eigenvalue weighted by Gasteiger charge is -2.03. The molecule has 0 aliphatic heterocycles. The molecule has 0 aliphatic rings. The zero-order valence-corrected chi connectivity index (χ0v) is 9.39. The highest BCUT2D eigenvalue weighted by Crippen LogP contribution is 2.12. The molecule has 3 N–H and O–H groups in total. The van der Waals surface area contributed by atoms with Gasteiger partial charge in [-0.15, -0.1) is 0 Å². The summed E-state index contributed by atoms with van der Waals surface area (Å²) in [6.07, 6.45) is 2.86. The number of aryl methyl sites for hydroxylation is 2. The van der Waals surface area contributed by atoms with E-state index in [1.807, 2.05) is 0 Å². The Bertz CT molecular complexity index is 564. The van der Waals surface area contributed by atoms with Crippen molar-refractivity contribution in [1.82, 2.24) is 20.2 Å². The van der Waals surface area contributed by atoms with Crippen LogP contribution in [-0.4, -0.2) is 26.1 Å². The van der Waals surface area contributed by atoms with Crippen molar-refractivity contribution in [3.05, 3.63) is 29.3 Å². The summed E-state index contributed by atoms with van der Waals surface area (Å²) in [5.41, 5.74) is 7.48. The molecule has 0 saturated heterocycles. The van der Waals surface area contributed by atoms with Crippen LogP contribution in [0.3, 0.4) is 0 Å². The van der Waals surface area contributed by atoms with Gasteiger partial charge < -0.3 is 10.5 Å².